The van der Waals surface area contributed by atoms with Gasteiger partial charge in [-0.3, -0.25) is 9.59 Å². The van der Waals surface area contributed by atoms with Crippen molar-refractivity contribution in [3.8, 4) is 0 Å². The van der Waals surface area contributed by atoms with Crippen molar-refractivity contribution >= 4 is 29.4 Å². The van der Waals surface area contributed by atoms with Crippen LogP contribution in [0, 0.1) is 5.92 Å². The number of fused-ring (bicyclic) bond motifs is 1. The zero-order valence-electron chi connectivity index (χ0n) is 14.8. The molecule has 2 N–H and O–H groups in total. The lowest BCUT2D eigenvalue weighted by Gasteiger charge is -2.13. The molecule has 138 valence electrons. The van der Waals surface area contributed by atoms with E-state index in [-0.39, 0.29) is 30.4 Å². The summed E-state index contributed by atoms with van der Waals surface area (Å²) >= 11 is 1.78. The Morgan fingerprint density at radius 2 is 2.20 bits per heavy atom. The summed E-state index contributed by atoms with van der Waals surface area (Å²) < 4.78 is 7.15. The van der Waals surface area contributed by atoms with E-state index >= 15 is 0 Å². The van der Waals surface area contributed by atoms with Crippen LogP contribution in [-0.2, 0) is 32.4 Å². The average Bonchev–Trinajstić information content (AvgIpc) is 3.24. The van der Waals surface area contributed by atoms with Gasteiger partial charge in [0.2, 0.25) is 11.8 Å². The lowest BCUT2D eigenvalue weighted by molar-refractivity contribution is -0.122. The van der Waals surface area contributed by atoms with E-state index in [9.17, 15) is 9.59 Å². The molecule has 1 saturated heterocycles. The Labute approximate surface area is 152 Å². The summed E-state index contributed by atoms with van der Waals surface area (Å²) in [5.74, 6) is 2.47. The van der Waals surface area contributed by atoms with Crippen LogP contribution < -0.4 is 10.6 Å². The Morgan fingerprint density at radius 3 is 2.92 bits per heavy atom. The number of hydrogen-bond acceptors (Lipinski definition) is 5. The molecule has 1 aromatic rings. The Balaban J connectivity index is 1.63. The molecule has 8 heteroatoms. The number of thioether (sulfide) groups is 1. The summed E-state index contributed by atoms with van der Waals surface area (Å²) in [6.45, 7) is 5.44. The molecule has 0 radical (unpaired) electrons. The van der Waals surface area contributed by atoms with Crippen LogP contribution in [0.1, 0.15) is 44.4 Å². The normalized spacial score (nSPS) is 19.2. The lowest BCUT2D eigenvalue weighted by atomic mass is 10.1. The Bertz CT molecular complexity index is 638. The highest BCUT2D eigenvalue weighted by atomic mass is 32.2. The molecule has 2 aliphatic rings. The van der Waals surface area contributed by atoms with Crippen LogP contribution in [0.4, 0.5) is 5.82 Å². The van der Waals surface area contributed by atoms with Crippen molar-refractivity contribution in [3.63, 3.8) is 0 Å². The van der Waals surface area contributed by atoms with Gasteiger partial charge in [-0.1, -0.05) is 13.8 Å². The van der Waals surface area contributed by atoms with Gasteiger partial charge in [-0.25, -0.2) is 4.68 Å². The maximum atomic E-state index is 12.3. The number of aromatic nitrogens is 2. The Kier molecular flexibility index (Phi) is 6.01. The molecule has 1 aromatic heterocycles. The number of ether oxygens (including phenoxy) is 1. The third kappa shape index (κ3) is 4.76. The molecule has 0 bridgehead atoms. The highest BCUT2D eigenvalue weighted by Crippen LogP contribution is 2.34. The molecule has 2 amide bonds. The SMILES string of the molecule is CC(C)CC(=O)Nc1c2c(nn1CC(=O)NCC1CCCO1)CSC2. The van der Waals surface area contributed by atoms with E-state index in [1.54, 1.807) is 16.4 Å². The number of carbonyl (C=O) groups is 2. The first-order valence-corrected chi connectivity index (χ1v) is 10.0. The van der Waals surface area contributed by atoms with E-state index < -0.39 is 0 Å². The summed E-state index contributed by atoms with van der Waals surface area (Å²) in [6.07, 6.45) is 2.62. The maximum absolute atomic E-state index is 12.3. The van der Waals surface area contributed by atoms with E-state index in [2.05, 4.69) is 15.7 Å². The zero-order chi connectivity index (χ0) is 17.8. The number of hydrogen-bond donors (Lipinski definition) is 2. The molecular formula is C17H26N4O3S. The standard InChI is InChI=1S/C17H26N4O3S/c1-11(2)6-15(22)19-17-13-9-25-10-14(13)20-21(17)8-16(23)18-7-12-4-3-5-24-12/h11-12H,3-10H2,1-2H3,(H,18,23)(H,19,22). The van der Waals surface area contributed by atoms with Crippen LogP contribution in [0.3, 0.4) is 0 Å². The maximum Gasteiger partial charge on any atom is 0.241 e. The van der Waals surface area contributed by atoms with Gasteiger partial charge in [-0.05, 0) is 18.8 Å². The van der Waals surface area contributed by atoms with Crippen LogP contribution in [0.15, 0.2) is 0 Å². The Morgan fingerprint density at radius 1 is 1.36 bits per heavy atom. The van der Waals surface area contributed by atoms with Crippen molar-refractivity contribution in [2.75, 3.05) is 18.5 Å². The van der Waals surface area contributed by atoms with Crippen molar-refractivity contribution in [3.05, 3.63) is 11.3 Å². The molecule has 0 aromatic carbocycles. The molecule has 3 rings (SSSR count). The summed E-state index contributed by atoms with van der Waals surface area (Å²) in [5.41, 5.74) is 2.02. The van der Waals surface area contributed by atoms with Gasteiger partial charge in [0.15, 0.2) is 0 Å². The smallest absolute Gasteiger partial charge is 0.241 e. The average molecular weight is 366 g/mol. The van der Waals surface area contributed by atoms with Crippen molar-refractivity contribution in [1.29, 1.82) is 0 Å². The number of anilines is 1. The number of nitrogens with zero attached hydrogens (tertiary/aromatic N) is 2. The minimum Gasteiger partial charge on any atom is -0.376 e. The van der Waals surface area contributed by atoms with Gasteiger partial charge < -0.3 is 15.4 Å². The fraction of sp³-hybridized carbons (Fsp3) is 0.706. The van der Waals surface area contributed by atoms with Gasteiger partial charge in [-0.2, -0.15) is 16.9 Å². The molecule has 1 fully saturated rings. The van der Waals surface area contributed by atoms with Gasteiger partial charge in [-0.15, -0.1) is 0 Å². The topological polar surface area (TPSA) is 85.2 Å². The second-order valence-corrected chi connectivity index (χ2v) is 8.00. The molecule has 3 heterocycles. The van der Waals surface area contributed by atoms with Gasteiger partial charge in [0, 0.05) is 36.6 Å². The van der Waals surface area contributed by atoms with Crippen LogP contribution in [0.2, 0.25) is 0 Å². The van der Waals surface area contributed by atoms with Crippen molar-refractivity contribution in [1.82, 2.24) is 15.1 Å². The number of rotatable bonds is 7. The van der Waals surface area contributed by atoms with Crippen LogP contribution in [0.5, 0.6) is 0 Å². The lowest BCUT2D eigenvalue weighted by Crippen LogP contribution is -2.34. The zero-order valence-corrected chi connectivity index (χ0v) is 15.7. The monoisotopic (exact) mass is 366 g/mol. The summed E-state index contributed by atoms with van der Waals surface area (Å²) in [6, 6.07) is 0. The van der Waals surface area contributed by atoms with Crippen LogP contribution in [-0.4, -0.2) is 40.9 Å². The molecule has 25 heavy (non-hydrogen) atoms. The van der Waals surface area contributed by atoms with E-state index in [4.69, 9.17) is 4.74 Å². The number of nitrogens with one attached hydrogen (secondary N) is 2. The first-order chi connectivity index (χ1) is 12.0. The molecule has 0 saturated carbocycles. The summed E-state index contributed by atoms with van der Waals surface area (Å²) in [7, 11) is 0. The summed E-state index contributed by atoms with van der Waals surface area (Å²) in [5, 5.41) is 10.4. The van der Waals surface area contributed by atoms with E-state index in [1.165, 1.54) is 0 Å². The molecular weight excluding hydrogens is 340 g/mol. The third-order valence-corrected chi connectivity index (χ3v) is 5.29. The number of carbonyl (C=O) groups excluding carboxylic acids is 2. The van der Waals surface area contributed by atoms with E-state index in [0.29, 0.717) is 18.8 Å². The molecule has 0 spiro atoms. The first-order valence-electron chi connectivity index (χ1n) is 8.87. The molecule has 2 aliphatic heterocycles. The van der Waals surface area contributed by atoms with Crippen molar-refractivity contribution in [2.24, 2.45) is 5.92 Å². The number of amides is 2. The van der Waals surface area contributed by atoms with Crippen LogP contribution >= 0.6 is 11.8 Å². The summed E-state index contributed by atoms with van der Waals surface area (Å²) in [4.78, 5) is 24.4. The quantitative estimate of drug-likeness (QED) is 0.770. The van der Waals surface area contributed by atoms with Gasteiger partial charge in [0.1, 0.15) is 12.4 Å². The fourth-order valence-electron chi connectivity index (χ4n) is 3.10. The predicted molar refractivity (Wildman–Crippen MR) is 97.3 cm³/mol. The Hall–Kier alpha value is -1.54. The first kappa shape index (κ1) is 18.3. The molecule has 1 unspecified atom stereocenters. The molecule has 1 atom stereocenters. The highest BCUT2D eigenvalue weighted by molar-refractivity contribution is 7.98. The minimum atomic E-state index is -0.108. The van der Waals surface area contributed by atoms with Gasteiger partial charge >= 0.3 is 0 Å². The second-order valence-electron chi connectivity index (χ2n) is 7.01. The largest absolute Gasteiger partial charge is 0.376 e. The minimum absolute atomic E-state index is 0.0318. The van der Waals surface area contributed by atoms with E-state index in [1.807, 2.05) is 13.8 Å². The van der Waals surface area contributed by atoms with Gasteiger partial charge in [0.25, 0.3) is 0 Å². The van der Waals surface area contributed by atoms with Crippen LogP contribution in [0.25, 0.3) is 0 Å². The van der Waals surface area contributed by atoms with Crippen molar-refractivity contribution < 1.29 is 14.3 Å². The predicted octanol–water partition coefficient (Wildman–Crippen LogP) is 1.91. The third-order valence-electron chi connectivity index (χ3n) is 4.31. The highest BCUT2D eigenvalue weighted by Gasteiger charge is 2.25. The van der Waals surface area contributed by atoms with Gasteiger partial charge in [0.05, 0.1) is 11.8 Å². The van der Waals surface area contributed by atoms with E-state index in [0.717, 1.165) is 42.2 Å². The molecule has 0 aliphatic carbocycles. The molecule has 7 nitrogen and oxygen atoms in total. The fourth-order valence-corrected chi connectivity index (χ4v) is 4.13. The van der Waals surface area contributed by atoms with Crippen molar-refractivity contribution in [2.45, 2.75) is 57.3 Å². The second kappa shape index (κ2) is 8.23.